The van der Waals surface area contributed by atoms with Crippen molar-refractivity contribution < 1.29 is 4.79 Å². The second-order valence-electron chi connectivity index (χ2n) is 14.8. The zero-order valence-corrected chi connectivity index (χ0v) is 26.4. The molecule has 0 bridgehead atoms. The number of carbonyl (C=O) groups excluding carboxylic acids is 1. The quantitative estimate of drug-likeness (QED) is 0.180. The van der Waals surface area contributed by atoms with Crippen LogP contribution in [0.5, 0.6) is 0 Å². The monoisotopic (exact) mass is 544 g/mol. The van der Waals surface area contributed by atoms with Crippen LogP contribution in [0, 0.1) is 40.4 Å². The first-order chi connectivity index (χ1) is 18.1. The van der Waals surface area contributed by atoms with E-state index in [2.05, 4.69) is 39.9 Å². The van der Waals surface area contributed by atoms with Crippen LogP contribution in [0.25, 0.3) is 0 Å². The molecule has 3 N–H and O–H groups in total. The fraction of sp³-hybridized carbons (Fsp3) is 0.941. The molecule has 218 valence electrons. The number of hydrogen-bond acceptors (Lipinski definition) is 3. The fourth-order valence-corrected chi connectivity index (χ4v) is 10.7. The standard InChI is InChI=1S/C34H60N2OS/c1-6-7-8-9-10-11-12-13-14-15-30(38)34(35,24(2)3)28-18-17-26-25-16-19-29-33(5,23-21-31(37)36-29)27(25)20-22-32(26,28)4/h24-29H,6-23,35H2,1-5H3,(H,36,37)/t25-,26-,27-,28-,29+,32-,33+,34?/m0/s1. The molecule has 1 saturated heterocycles. The lowest BCUT2D eigenvalue weighted by Gasteiger charge is -2.61. The van der Waals surface area contributed by atoms with Crippen molar-refractivity contribution in [2.45, 2.75) is 162 Å². The lowest BCUT2D eigenvalue weighted by atomic mass is 9.46. The Morgan fingerprint density at radius 2 is 1.55 bits per heavy atom. The van der Waals surface area contributed by atoms with Crippen LogP contribution in [-0.2, 0) is 4.79 Å². The molecule has 0 aromatic heterocycles. The van der Waals surface area contributed by atoms with Crippen molar-refractivity contribution in [2.75, 3.05) is 0 Å². The van der Waals surface area contributed by atoms with Gasteiger partial charge >= 0.3 is 0 Å². The van der Waals surface area contributed by atoms with E-state index in [1.807, 2.05) is 0 Å². The Balaban J connectivity index is 1.38. The number of hydrogen-bond donors (Lipinski definition) is 2. The van der Waals surface area contributed by atoms with Crippen LogP contribution in [0.4, 0.5) is 0 Å². The molecule has 4 aliphatic rings. The van der Waals surface area contributed by atoms with Crippen LogP contribution in [-0.4, -0.2) is 22.4 Å². The second-order valence-corrected chi connectivity index (χ2v) is 15.3. The Morgan fingerprint density at radius 1 is 0.921 bits per heavy atom. The summed E-state index contributed by atoms with van der Waals surface area (Å²) in [4.78, 5) is 13.3. The van der Waals surface area contributed by atoms with Crippen molar-refractivity contribution in [1.82, 2.24) is 5.32 Å². The highest BCUT2D eigenvalue weighted by molar-refractivity contribution is 7.80. The van der Waals surface area contributed by atoms with E-state index in [4.69, 9.17) is 18.0 Å². The van der Waals surface area contributed by atoms with Crippen molar-refractivity contribution in [2.24, 2.45) is 46.2 Å². The van der Waals surface area contributed by atoms with Crippen LogP contribution in [0.15, 0.2) is 0 Å². The second kappa shape index (κ2) is 12.6. The summed E-state index contributed by atoms with van der Waals surface area (Å²) in [5.41, 5.74) is 7.76. The smallest absolute Gasteiger partial charge is 0.220 e. The zero-order chi connectivity index (χ0) is 27.6. The normalized spacial score (nSPS) is 38.2. The van der Waals surface area contributed by atoms with Crippen molar-refractivity contribution in [3.05, 3.63) is 0 Å². The molecular formula is C34H60N2OS. The van der Waals surface area contributed by atoms with Gasteiger partial charge in [0.05, 0.1) is 5.54 Å². The molecule has 0 aromatic rings. The largest absolute Gasteiger partial charge is 0.353 e. The van der Waals surface area contributed by atoms with Gasteiger partial charge in [-0.25, -0.2) is 0 Å². The number of thiocarbonyl (C=S) groups is 1. The molecule has 0 aromatic carbocycles. The Kier molecular flexibility index (Phi) is 10.1. The molecule has 3 saturated carbocycles. The highest BCUT2D eigenvalue weighted by Gasteiger charge is 2.63. The molecule has 0 radical (unpaired) electrons. The summed E-state index contributed by atoms with van der Waals surface area (Å²) in [6, 6.07) is 0.389. The number of unbranched alkanes of at least 4 members (excludes halogenated alkanes) is 8. The van der Waals surface area contributed by atoms with Gasteiger partial charge in [-0.1, -0.05) is 98.2 Å². The minimum Gasteiger partial charge on any atom is -0.353 e. The first-order valence-electron chi connectivity index (χ1n) is 16.7. The topological polar surface area (TPSA) is 55.1 Å². The maximum Gasteiger partial charge on any atom is 0.220 e. The molecule has 0 spiro atoms. The van der Waals surface area contributed by atoms with Gasteiger partial charge in [-0.05, 0) is 98.2 Å². The van der Waals surface area contributed by atoms with Gasteiger partial charge in [-0.3, -0.25) is 4.79 Å². The fourth-order valence-electron chi connectivity index (χ4n) is 10.2. The molecule has 1 amide bonds. The van der Waals surface area contributed by atoms with Gasteiger partial charge in [0.1, 0.15) is 0 Å². The van der Waals surface area contributed by atoms with Crippen molar-refractivity contribution >= 4 is 23.0 Å². The van der Waals surface area contributed by atoms with Crippen molar-refractivity contribution in [3.63, 3.8) is 0 Å². The van der Waals surface area contributed by atoms with E-state index in [0.29, 0.717) is 29.7 Å². The molecule has 3 nitrogen and oxygen atoms in total. The van der Waals surface area contributed by atoms with E-state index >= 15 is 0 Å². The van der Waals surface area contributed by atoms with Gasteiger partial charge in [0.15, 0.2) is 0 Å². The van der Waals surface area contributed by atoms with Crippen molar-refractivity contribution in [1.29, 1.82) is 0 Å². The van der Waals surface area contributed by atoms with Crippen LogP contribution in [0.3, 0.4) is 0 Å². The predicted octanol–water partition coefficient (Wildman–Crippen LogP) is 8.77. The molecular weight excluding hydrogens is 484 g/mol. The van der Waals surface area contributed by atoms with Crippen LogP contribution in [0.2, 0.25) is 0 Å². The number of nitrogens with one attached hydrogen (secondary N) is 1. The molecule has 1 aliphatic heterocycles. The SMILES string of the molecule is CCCCCCCCCCCC(=S)C(N)(C(C)C)[C@H]1CC[C@H]2[C@@H]3CC[C@H]4NC(=O)CC[C@]4(C)[C@H]3CC[C@]12C. The molecule has 8 atom stereocenters. The predicted molar refractivity (Wildman–Crippen MR) is 165 cm³/mol. The average molecular weight is 545 g/mol. The van der Waals surface area contributed by atoms with E-state index in [1.54, 1.807) is 0 Å². The third-order valence-corrected chi connectivity index (χ3v) is 13.2. The first-order valence-corrected chi connectivity index (χ1v) is 17.1. The summed E-state index contributed by atoms with van der Waals surface area (Å²) in [7, 11) is 0. The number of nitrogens with two attached hydrogens (primary N) is 1. The van der Waals surface area contributed by atoms with Gasteiger partial charge in [0, 0.05) is 17.3 Å². The summed E-state index contributed by atoms with van der Waals surface area (Å²) >= 11 is 6.25. The lowest BCUT2D eigenvalue weighted by molar-refractivity contribution is -0.137. The van der Waals surface area contributed by atoms with Gasteiger partial charge in [-0.2, -0.15) is 0 Å². The van der Waals surface area contributed by atoms with Gasteiger partial charge in [-0.15, -0.1) is 0 Å². The number of carbonyl (C=O) groups is 1. The van der Waals surface area contributed by atoms with Crippen LogP contribution in [0.1, 0.15) is 150 Å². The summed E-state index contributed by atoms with van der Waals surface area (Å²) < 4.78 is 0. The lowest BCUT2D eigenvalue weighted by Crippen LogP contribution is -2.64. The number of amides is 1. The van der Waals surface area contributed by atoms with Gasteiger partial charge in [0.25, 0.3) is 0 Å². The van der Waals surface area contributed by atoms with E-state index in [0.717, 1.165) is 37.0 Å². The molecule has 1 heterocycles. The number of fused-ring (bicyclic) bond motifs is 5. The van der Waals surface area contributed by atoms with E-state index in [-0.39, 0.29) is 16.9 Å². The average Bonchev–Trinajstić information content (AvgIpc) is 3.25. The Bertz CT molecular complexity index is 827. The Hall–Kier alpha value is -0.480. The van der Waals surface area contributed by atoms with Gasteiger partial charge < -0.3 is 11.1 Å². The van der Waals surface area contributed by atoms with E-state index in [9.17, 15) is 4.79 Å². The summed E-state index contributed by atoms with van der Waals surface area (Å²) in [6.07, 6.45) is 22.6. The maximum absolute atomic E-state index is 12.2. The number of piperidine rings is 1. The molecule has 4 heteroatoms. The summed E-state index contributed by atoms with van der Waals surface area (Å²) in [6.45, 7) is 12.1. The molecule has 4 fully saturated rings. The summed E-state index contributed by atoms with van der Waals surface area (Å²) in [5, 5.41) is 3.39. The van der Waals surface area contributed by atoms with Crippen LogP contribution < -0.4 is 11.1 Å². The zero-order valence-electron chi connectivity index (χ0n) is 25.6. The molecule has 4 rings (SSSR count). The summed E-state index contributed by atoms with van der Waals surface area (Å²) in [5.74, 6) is 3.46. The van der Waals surface area contributed by atoms with E-state index < -0.39 is 0 Å². The highest BCUT2D eigenvalue weighted by atomic mass is 32.1. The Morgan fingerprint density at radius 3 is 2.21 bits per heavy atom. The van der Waals surface area contributed by atoms with Crippen molar-refractivity contribution in [3.8, 4) is 0 Å². The van der Waals surface area contributed by atoms with E-state index in [1.165, 1.54) is 94.8 Å². The first kappa shape index (κ1) is 30.5. The number of rotatable bonds is 13. The van der Waals surface area contributed by atoms with Crippen LogP contribution >= 0.6 is 12.2 Å². The Labute approximate surface area is 240 Å². The third kappa shape index (κ3) is 5.65. The highest BCUT2D eigenvalue weighted by Crippen LogP contribution is 2.67. The molecule has 3 aliphatic carbocycles. The minimum atomic E-state index is -0.328. The third-order valence-electron chi connectivity index (χ3n) is 12.6. The minimum absolute atomic E-state index is 0.276. The maximum atomic E-state index is 12.2. The van der Waals surface area contributed by atoms with Gasteiger partial charge in [0.2, 0.25) is 5.91 Å². The molecule has 38 heavy (non-hydrogen) atoms. The molecule has 1 unspecified atom stereocenters.